The number of nitrogens with zero attached hydrogens (tertiary/aromatic N) is 2. The van der Waals surface area contributed by atoms with Crippen LogP contribution in [0, 0.1) is 6.92 Å². The van der Waals surface area contributed by atoms with E-state index in [0.29, 0.717) is 5.15 Å². The highest BCUT2D eigenvalue weighted by Gasteiger charge is 2.13. The molecular formula is C12H12BrClN2S. The predicted molar refractivity (Wildman–Crippen MR) is 76.8 cm³/mol. The number of thiophene rings is 1. The molecule has 2 nitrogen and oxygen atoms in total. The lowest BCUT2D eigenvalue weighted by atomic mass is 10.2. The van der Waals surface area contributed by atoms with Gasteiger partial charge in [0.25, 0.3) is 0 Å². The maximum atomic E-state index is 6.13. The molecule has 0 aliphatic carbocycles. The van der Waals surface area contributed by atoms with Crippen molar-refractivity contribution >= 4 is 38.9 Å². The molecule has 2 aromatic heterocycles. The summed E-state index contributed by atoms with van der Waals surface area (Å²) in [6.07, 6.45) is 1.94. The van der Waals surface area contributed by atoms with Crippen LogP contribution >= 0.6 is 38.9 Å². The largest absolute Gasteiger partial charge is 0.231 e. The summed E-state index contributed by atoms with van der Waals surface area (Å²) in [4.78, 5) is 10.0. The lowest BCUT2D eigenvalue weighted by Gasteiger charge is -2.06. The second-order valence-corrected chi connectivity index (χ2v) is 5.85. The molecule has 0 radical (unpaired) electrons. The molecule has 17 heavy (non-hydrogen) atoms. The third-order valence-corrected chi connectivity index (χ3v) is 4.78. The minimum Gasteiger partial charge on any atom is -0.231 e. The molecule has 2 rings (SSSR count). The van der Waals surface area contributed by atoms with Gasteiger partial charge in [0.15, 0.2) is 5.82 Å². The van der Waals surface area contributed by atoms with Crippen molar-refractivity contribution in [3.8, 4) is 10.7 Å². The van der Waals surface area contributed by atoms with E-state index >= 15 is 0 Å². The summed E-state index contributed by atoms with van der Waals surface area (Å²) < 4.78 is 0.818. The van der Waals surface area contributed by atoms with Gasteiger partial charge in [-0.2, -0.15) is 0 Å². The molecule has 0 atom stereocenters. The van der Waals surface area contributed by atoms with Crippen molar-refractivity contribution in [2.24, 2.45) is 0 Å². The van der Waals surface area contributed by atoms with E-state index in [1.165, 1.54) is 5.56 Å². The fraction of sp³-hybridized carbons (Fsp3) is 0.333. The van der Waals surface area contributed by atoms with E-state index in [-0.39, 0.29) is 0 Å². The Morgan fingerprint density at radius 1 is 1.41 bits per heavy atom. The smallest absolute Gasteiger partial charge is 0.171 e. The zero-order valence-corrected chi connectivity index (χ0v) is 12.8. The van der Waals surface area contributed by atoms with E-state index in [1.807, 2.05) is 5.38 Å². The van der Waals surface area contributed by atoms with E-state index in [9.17, 15) is 0 Å². The van der Waals surface area contributed by atoms with Crippen LogP contribution in [0.25, 0.3) is 10.7 Å². The van der Waals surface area contributed by atoms with Gasteiger partial charge in [-0.1, -0.05) is 24.9 Å². The monoisotopic (exact) mass is 330 g/mol. The van der Waals surface area contributed by atoms with Crippen LogP contribution < -0.4 is 0 Å². The molecule has 0 aliphatic rings. The summed E-state index contributed by atoms with van der Waals surface area (Å²) in [5.74, 6) is 0.731. The van der Waals surface area contributed by atoms with Gasteiger partial charge in [0.1, 0.15) is 5.15 Å². The minimum absolute atomic E-state index is 0.492. The van der Waals surface area contributed by atoms with Crippen LogP contribution in [0.15, 0.2) is 15.9 Å². The summed E-state index contributed by atoms with van der Waals surface area (Å²) in [5, 5.41) is 2.54. The fourth-order valence-electron chi connectivity index (χ4n) is 1.57. The first-order valence-corrected chi connectivity index (χ1v) is 7.45. The molecule has 90 valence electrons. The molecular weight excluding hydrogens is 320 g/mol. The van der Waals surface area contributed by atoms with Gasteiger partial charge < -0.3 is 0 Å². The quantitative estimate of drug-likeness (QED) is 0.749. The lowest BCUT2D eigenvalue weighted by Crippen LogP contribution is -1.98. The molecule has 0 saturated carbocycles. The SMILES string of the molecule is CCCc1nc(-c2sccc2C)nc(Cl)c1Br. The zero-order valence-electron chi connectivity index (χ0n) is 9.63. The van der Waals surface area contributed by atoms with Crippen LogP contribution in [0.5, 0.6) is 0 Å². The van der Waals surface area contributed by atoms with Crippen LogP contribution in [-0.4, -0.2) is 9.97 Å². The lowest BCUT2D eigenvalue weighted by molar-refractivity contribution is 0.868. The second-order valence-electron chi connectivity index (χ2n) is 3.78. The van der Waals surface area contributed by atoms with Gasteiger partial charge in [-0.15, -0.1) is 11.3 Å². The Morgan fingerprint density at radius 2 is 2.18 bits per heavy atom. The molecule has 0 aliphatic heterocycles. The molecule has 2 aromatic rings. The Labute approximate surface area is 118 Å². The summed E-state index contributed by atoms with van der Waals surface area (Å²) in [5.41, 5.74) is 2.17. The van der Waals surface area contributed by atoms with E-state index in [4.69, 9.17) is 11.6 Å². The molecule has 0 aromatic carbocycles. The van der Waals surface area contributed by atoms with Crippen molar-refractivity contribution in [2.75, 3.05) is 0 Å². The van der Waals surface area contributed by atoms with Crippen molar-refractivity contribution in [1.29, 1.82) is 0 Å². The Kier molecular flexibility index (Phi) is 4.17. The van der Waals surface area contributed by atoms with Gasteiger partial charge in [-0.25, -0.2) is 9.97 Å². The highest BCUT2D eigenvalue weighted by molar-refractivity contribution is 9.10. The molecule has 0 bridgehead atoms. The molecule has 0 spiro atoms. The van der Waals surface area contributed by atoms with Crippen molar-refractivity contribution < 1.29 is 0 Å². The molecule has 0 saturated heterocycles. The van der Waals surface area contributed by atoms with E-state index in [2.05, 4.69) is 45.8 Å². The molecule has 2 heterocycles. The molecule has 0 fully saturated rings. The number of hydrogen-bond acceptors (Lipinski definition) is 3. The molecule has 0 unspecified atom stereocenters. The third-order valence-electron chi connectivity index (χ3n) is 2.43. The van der Waals surface area contributed by atoms with Crippen LogP contribution in [0.3, 0.4) is 0 Å². The standard InChI is InChI=1S/C12H12BrClN2S/c1-3-4-8-9(13)11(14)16-12(15-8)10-7(2)5-6-17-10/h5-6H,3-4H2,1-2H3. The van der Waals surface area contributed by atoms with Crippen molar-refractivity contribution in [3.63, 3.8) is 0 Å². The zero-order chi connectivity index (χ0) is 12.4. The predicted octanol–water partition coefficient (Wildman–Crippen LogP) is 4.88. The van der Waals surface area contributed by atoms with Crippen molar-refractivity contribution in [2.45, 2.75) is 26.7 Å². The first kappa shape index (κ1) is 13.0. The topological polar surface area (TPSA) is 25.8 Å². The van der Waals surface area contributed by atoms with Gasteiger partial charge in [0.05, 0.1) is 15.0 Å². The Bertz CT molecular complexity index is 539. The normalized spacial score (nSPS) is 10.8. The van der Waals surface area contributed by atoms with Gasteiger partial charge in [-0.3, -0.25) is 0 Å². The highest BCUT2D eigenvalue weighted by atomic mass is 79.9. The first-order chi connectivity index (χ1) is 8.13. The number of rotatable bonds is 3. The Balaban J connectivity index is 2.53. The van der Waals surface area contributed by atoms with Crippen LogP contribution in [-0.2, 0) is 6.42 Å². The maximum Gasteiger partial charge on any atom is 0.171 e. The average molecular weight is 332 g/mol. The van der Waals surface area contributed by atoms with Crippen LogP contribution in [0.4, 0.5) is 0 Å². The van der Waals surface area contributed by atoms with Gasteiger partial charge in [-0.05, 0) is 46.3 Å². The Hall–Kier alpha value is -0.450. The van der Waals surface area contributed by atoms with Crippen molar-refractivity contribution in [3.05, 3.63) is 32.3 Å². The summed E-state index contributed by atoms with van der Waals surface area (Å²) in [6, 6.07) is 2.07. The van der Waals surface area contributed by atoms with E-state index in [0.717, 1.165) is 33.7 Å². The molecule has 5 heteroatoms. The summed E-state index contributed by atoms with van der Waals surface area (Å²) in [7, 11) is 0. The Morgan fingerprint density at radius 3 is 2.76 bits per heavy atom. The molecule has 0 N–H and O–H groups in total. The first-order valence-electron chi connectivity index (χ1n) is 5.39. The fourth-order valence-corrected chi connectivity index (χ4v) is 2.99. The van der Waals surface area contributed by atoms with Crippen molar-refractivity contribution in [1.82, 2.24) is 9.97 Å². The highest BCUT2D eigenvalue weighted by Crippen LogP contribution is 2.31. The average Bonchev–Trinajstić information content (AvgIpc) is 2.71. The van der Waals surface area contributed by atoms with E-state index in [1.54, 1.807) is 11.3 Å². The van der Waals surface area contributed by atoms with Crippen LogP contribution in [0.1, 0.15) is 24.6 Å². The van der Waals surface area contributed by atoms with Gasteiger partial charge >= 0.3 is 0 Å². The maximum absolute atomic E-state index is 6.13. The van der Waals surface area contributed by atoms with E-state index < -0.39 is 0 Å². The second kappa shape index (κ2) is 5.46. The minimum atomic E-state index is 0.492. The number of aromatic nitrogens is 2. The van der Waals surface area contributed by atoms with Gasteiger partial charge in [0, 0.05) is 0 Å². The van der Waals surface area contributed by atoms with Crippen LogP contribution in [0.2, 0.25) is 5.15 Å². The van der Waals surface area contributed by atoms with Gasteiger partial charge in [0.2, 0.25) is 0 Å². The molecule has 0 amide bonds. The number of halogens is 2. The number of hydrogen-bond donors (Lipinski definition) is 0. The summed E-state index contributed by atoms with van der Waals surface area (Å²) >= 11 is 11.2. The third kappa shape index (κ3) is 2.69. The summed E-state index contributed by atoms with van der Waals surface area (Å²) in [6.45, 7) is 4.18. The number of aryl methyl sites for hydroxylation is 2.